The minimum absolute atomic E-state index is 0.0187. The number of benzene rings is 1. The van der Waals surface area contributed by atoms with Crippen molar-refractivity contribution in [2.75, 3.05) is 25.2 Å². The van der Waals surface area contributed by atoms with Gasteiger partial charge in [0.2, 0.25) is 15.9 Å². The predicted octanol–water partition coefficient (Wildman–Crippen LogP) is 2.39. The van der Waals surface area contributed by atoms with Gasteiger partial charge in [-0.3, -0.25) is 4.79 Å². The predicted molar refractivity (Wildman–Crippen MR) is 94.9 cm³/mol. The van der Waals surface area contributed by atoms with E-state index in [9.17, 15) is 13.2 Å². The van der Waals surface area contributed by atoms with Crippen LogP contribution in [0.25, 0.3) is 0 Å². The minimum atomic E-state index is -3.46. The zero-order chi connectivity index (χ0) is 18.4. The summed E-state index contributed by atoms with van der Waals surface area (Å²) in [6, 6.07) is 8.82. The second-order valence-electron chi connectivity index (χ2n) is 5.68. The third kappa shape index (κ3) is 5.61. The molecule has 0 atom stereocenters. The molecule has 0 saturated heterocycles. The molecule has 1 amide bonds. The second kappa shape index (κ2) is 8.17. The first kappa shape index (κ1) is 19.0. The lowest BCUT2D eigenvalue weighted by Crippen LogP contribution is -2.32. The number of anilines is 1. The lowest BCUT2D eigenvalue weighted by molar-refractivity contribution is -0.116. The topological polar surface area (TPSA) is 88.8 Å². The zero-order valence-electron chi connectivity index (χ0n) is 14.5. The molecule has 1 N–H and O–H groups in total. The molecule has 0 aliphatic rings. The van der Waals surface area contributed by atoms with Crippen LogP contribution in [0.15, 0.2) is 41.0 Å². The molecule has 7 nitrogen and oxygen atoms in total. The van der Waals surface area contributed by atoms with Crippen LogP contribution in [0.5, 0.6) is 5.75 Å². The molecule has 1 heterocycles. The van der Waals surface area contributed by atoms with Crippen LogP contribution >= 0.6 is 0 Å². The number of sulfonamides is 1. The Hall–Kier alpha value is -2.32. The molecule has 2 aromatic rings. The van der Waals surface area contributed by atoms with E-state index in [0.29, 0.717) is 17.2 Å². The van der Waals surface area contributed by atoms with E-state index in [1.165, 1.54) is 17.7 Å². The Bertz CT molecular complexity index is 816. The van der Waals surface area contributed by atoms with Crippen molar-refractivity contribution < 1.29 is 22.4 Å². The number of amides is 1. The van der Waals surface area contributed by atoms with Gasteiger partial charge in [0.05, 0.1) is 31.9 Å². The third-order valence-electron chi connectivity index (χ3n) is 3.60. The van der Waals surface area contributed by atoms with Crippen LogP contribution in [0.1, 0.15) is 17.7 Å². The Morgan fingerprint density at radius 3 is 2.68 bits per heavy atom. The highest BCUT2D eigenvalue weighted by Crippen LogP contribution is 2.25. The van der Waals surface area contributed by atoms with Crippen LogP contribution in [0.3, 0.4) is 0 Å². The molecule has 0 bridgehead atoms. The number of ether oxygens (including phenoxy) is 1. The van der Waals surface area contributed by atoms with Gasteiger partial charge in [0.25, 0.3) is 0 Å². The molecule has 8 heteroatoms. The van der Waals surface area contributed by atoms with Crippen LogP contribution in [-0.2, 0) is 21.4 Å². The van der Waals surface area contributed by atoms with Gasteiger partial charge in [0.1, 0.15) is 11.5 Å². The van der Waals surface area contributed by atoms with Crippen molar-refractivity contribution in [3.8, 4) is 5.75 Å². The third-order valence-corrected chi connectivity index (χ3v) is 4.85. The molecule has 0 saturated carbocycles. The number of carbonyl (C=O) groups excluding carboxylic acids is 1. The van der Waals surface area contributed by atoms with E-state index in [0.717, 1.165) is 11.8 Å². The maximum absolute atomic E-state index is 12.2. The Morgan fingerprint density at radius 2 is 2.08 bits per heavy atom. The highest BCUT2D eigenvalue weighted by molar-refractivity contribution is 7.88. The van der Waals surface area contributed by atoms with Gasteiger partial charge >= 0.3 is 0 Å². The van der Waals surface area contributed by atoms with Gasteiger partial charge < -0.3 is 14.5 Å². The van der Waals surface area contributed by atoms with Gasteiger partial charge in [-0.1, -0.05) is 6.07 Å². The van der Waals surface area contributed by atoms with E-state index in [-0.39, 0.29) is 25.4 Å². The molecule has 25 heavy (non-hydrogen) atoms. The Balaban J connectivity index is 2.00. The fraction of sp³-hybridized carbons (Fsp3) is 0.353. The summed E-state index contributed by atoms with van der Waals surface area (Å²) in [6.07, 6.45) is 2.61. The monoisotopic (exact) mass is 366 g/mol. The summed E-state index contributed by atoms with van der Waals surface area (Å²) >= 11 is 0. The van der Waals surface area contributed by atoms with E-state index >= 15 is 0 Å². The van der Waals surface area contributed by atoms with E-state index in [4.69, 9.17) is 9.15 Å². The first-order valence-electron chi connectivity index (χ1n) is 7.71. The van der Waals surface area contributed by atoms with Crippen molar-refractivity contribution in [2.45, 2.75) is 19.9 Å². The van der Waals surface area contributed by atoms with Gasteiger partial charge in [-0.2, -0.15) is 4.31 Å². The summed E-state index contributed by atoms with van der Waals surface area (Å²) in [5.41, 5.74) is 1.54. The van der Waals surface area contributed by atoms with Gasteiger partial charge in [0.15, 0.2) is 0 Å². The van der Waals surface area contributed by atoms with Crippen molar-refractivity contribution in [2.24, 2.45) is 0 Å². The molecule has 0 unspecified atom stereocenters. The first-order valence-corrected chi connectivity index (χ1v) is 9.56. The summed E-state index contributed by atoms with van der Waals surface area (Å²) in [4.78, 5) is 12.2. The summed E-state index contributed by atoms with van der Waals surface area (Å²) in [5, 5.41) is 2.76. The summed E-state index contributed by atoms with van der Waals surface area (Å²) in [5.74, 6) is 0.776. The molecular formula is C17H22N2O5S. The zero-order valence-corrected chi connectivity index (χ0v) is 15.3. The van der Waals surface area contributed by atoms with Gasteiger partial charge in [-0.25, -0.2) is 8.42 Å². The highest BCUT2D eigenvalue weighted by atomic mass is 32.2. The number of aryl methyl sites for hydroxylation is 1. The van der Waals surface area contributed by atoms with Crippen LogP contribution in [-0.4, -0.2) is 38.5 Å². The quantitative estimate of drug-likeness (QED) is 0.775. The fourth-order valence-electron chi connectivity index (χ4n) is 2.30. The number of nitrogens with zero attached hydrogens (tertiary/aromatic N) is 1. The van der Waals surface area contributed by atoms with Crippen molar-refractivity contribution >= 4 is 21.6 Å². The molecule has 0 spiro atoms. The molecule has 0 aliphatic heterocycles. The van der Waals surface area contributed by atoms with Crippen molar-refractivity contribution in [1.82, 2.24) is 4.31 Å². The number of methoxy groups -OCH3 is 1. The molecule has 2 rings (SSSR count). The molecule has 1 aromatic carbocycles. The van der Waals surface area contributed by atoms with Crippen LogP contribution in [0.2, 0.25) is 0 Å². The fourth-order valence-corrected chi connectivity index (χ4v) is 3.08. The Labute approximate surface area is 147 Å². The van der Waals surface area contributed by atoms with Gasteiger partial charge in [-0.15, -0.1) is 0 Å². The molecule has 0 radical (unpaired) electrons. The molecule has 136 valence electrons. The highest BCUT2D eigenvalue weighted by Gasteiger charge is 2.20. The Morgan fingerprint density at radius 1 is 1.32 bits per heavy atom. The number of nitrogens with one attached hydrogen (secondary N) is 1. The molecule has 0 aliphatic carbocycles. The van der Waals surface area contributed by atoms with E-state index in [2.05, 4.69) is 5.32 Å². The molecular weight excluding hydrogens is 344 g/mol. The average molecular weight is 366 g/mol. The van der Waals surface area contributed by atoms with Crippen LogP contribution in [0.4, 0.5) is 5.69 Å². The SMILES string of the molecule is COc1ccc(C)cc1NC(=O)CCN(Cc1ccco1)S(C)(=O)=O. The number of hydrogen-bond donors (Lipinski definition) is 1. The van der Waals surface area contributed by atoms with E-state index < -0.39 is 10.0 Å². The van der Waals surface area contributed by atoms with E-state index in [1.807, 2.05) is 13.0 Å². The lowest BCUT2D eigenvalue weighted by atomic mass is 10.2. The summed E-state index contributed by atoms with van der Waals surface area (Å²) < 4.78 is 35.4. The average Bonchev–Trinajstić information content (AvgIpc) is 3.03. The van der Waals surface area contributed by atoms with Crippen molar-refractivity contribution in [3.05, 3.63) is 47.9 Å². The first-order chi connectivity index (χ1) is 11.8. The normalized spacial score (nSPS) is 11.5. The number of carbonyl (C=O) groups is 1. The lowest BCUT2D eigenvalue weighted by Gasteiger charge is -2.18. The summed E-state index contributed by atoms with van der Waals surface area (Å²) in [7, 11) is -1.94. The smallest absolute Gasteiger partial charge is 0.225 e. The number of furan rings is 1. The second-order valence-corrected chi connectivity index (χ2v) is 7.66. The minimum Gasteiger partial charge on any atom is -0.495 e. The van der Waals surface area contributed by atoms with Crippen molar-refractivity contribution in [1.29, 1.82) is 0 Å². The maximum Gasteiger partial charge on any atom is 0.225 e. The van der Waals surface area contributed by atoms with Gasteiger partial charge in [-0.05, 0) is 36.8 Å². The molecule has 1 aromatic heterocycles. The maximum atomic E-state index is 12.2. The summed E-state index contributed by atoms with van der Waals surface area (Å²) in [6.45, 7) is 2.05. The Kier molecular flexibility index (Phi) is 6.22. The van der Waals surface area contributed by atoms with E-state index in [1.54, 1.807) is 24.3 Å². The van der Waals surface area contributed by atoms with Crippen LogP contribution < -0.4 is 10.1 Å². The standard InChI is InChI=1S/C17H22N2O5S/c1-13-6-7-16(23-2)15(11-13)18-17(20)8-9-19(25(3,21)22)12-14-5-4-10-24-14/h4-7,10-11H,8-9,12H2,1-3H3,(H,18,20). The largest absolute Gasteiger partial charge is 0.495 e. The molecule has 0 fully saturated rings. The van der Waals surface area contributed by atoms with Crippen LogP contribution in [0, 0.1) is 6.92 Å². The van der Waals surface area contributed by atoms with Gasteiger partial charge in [0, 0.05) is 13.0 Å². The number of rotatable bonds is 8. The number of hydrogen-bond acceptors (Lipinski definition) is 5. The van der Waals surface area contributed by atoms with Crippen molar-refractivity contribution in [3.63, 3.8) is 0 Å².